The molecule has 2 saturated heterocycles. The van der Waals surface area contributed by atoms with Gasteiger partial charge in [0.15, 0.2) is 0 Å². The fraction of sp³-hybridized carbons (Fsp3) is 0.778. The Morgan fingerprint density at radius 3 is 2.76 bits per heavy atom. The van der Waals surface area contributed by atoms with E-state index in [9.17, 15) is 4.79 Å². The molecule has 1 saturated carbocycles. The van der Waals surface area contributed by atoms with Crippen molar-refractivity contribution >= 4 is 17.2 Å². The van der Waals surface area contributed by atoms with Gasteiger partial charge in [-0.1, -0.05) is 0 Å². The van der Waals surface area contributed by atoms with E-state index < -0.39 is 0 Å². The molecule has 0 bridgehead atoms. The number of nitrogens with zero attached hydrogens (tertiary/aromatic N) is 4. The lowest BCUT2D eigenvalue weighted by Crippen LogP contribution is -2.72. The molecule has 0 aromatic carbocycles. The number of likely N-dealkylation sites (N-methyl/N-ethyl adjacent to an activating group) is 1. The Morgan fingerprint density at radius 2 is 2.16 bits per heavy atom. The van der Waals surface area contributed by atoms with Crippen LogP contribution in [0.4, 0.5) is 0 Å². The largest absolute Gasteiger partial charge is 0.369 e. The number of rotatable bonds is 5. The van der Waals surface area contributed by atoms with Crippen LogP contribution < -0.4 is 0 Å². The van der Waals surface area contributed by atoms with Gasteiger partial charge in [0.2, 0.25) is 5.91 Å². The minimum atomic E-state index is -0.114. The lowest BCUT2D eigenvalue weighted by Gasteiger charge is -2.55. The first-order valence-electron chi connectivity index (χ1n) is 9.17. The van der Waals surface area contributed by atoms with Crippen LogP contribution in [0.1, 0.15) is 23.5 Å². The molecular formula is C18H28N4O2S. The Morgan fingerprint density at radius 1 is 1.40 bits per heavy atom. The maximum Gasteiger partial charge on any atom is 0.241 e. The number of aryl methyl sites for hydroxylation is 1. The smallest absolute Gasteiger partial charge is 0.241 e. The number of hydrogen-bond donors (Lipinski definition) is 0. The zero-order valence-electron chi connectivity index (χ0n) is 15.4. The predicted molar refractivity (Wildman–Crippen MR) is 97.6 cm³/mol. The Hall–Kier alpha value is -1.02. The fourth-order valence-electron chi connectivity index (χ4n) is 3.97. The van der Waals surface area contributed by atoms with Crippen LogP contribution in [0, 0.1) is 12.8 Å². The van der Waals surface area contributed by atoms with Gasteiger partial charge in [-0.3, -0.25) is 14.6 Å². The van der Waals surface area contributed by atoms with Crippen LogP contribution in [0.5, 0.6) is 0 Å². The van der Waals surface area contributed by atoms with Crippen LogP contribution in [0.2, 0.25) is 0 Å². The van der Waals surface area contributed by atoms with Crippen molar-refractivity contribution in [3.63, 3.8) is 0 Å². The first-order valence-corrected chi connectivity index (χ1v) is 10.0. The summed E-state index contributed by atoms with van der Waals surface area (Å²) in [6, 6.07) is -0.114. The Labute approximate surface area is 153 Å². The molecule has 4 rings (SSSR count). The molecule has 0 N–H and O–H groups in total. The highest BCUT2D eigenvalue weighted by molar-refractivity contribution is 7.09. The van der Waals surface area contributed by atoms with E-state index in [1.165, 1.54) is 17.8 Å². The number of thiazole rings is 1. The maximum atomic E-state index is 12.5. The summed E-state index contributed by atoms with van der Waals surface area (Å²) in [5, 5.41) is 3.29. The van der Waals surface area contributed by atoms with E-state index in [-0.39, 0.29) is 17.6 Å². The van der Waals surface area contributed by atoms with Gasteiger partial charge in [0.25, 0.3) is 0 Å². The van der Waals surface area contributed by atoms with Gasteiger partial charge in [-0.15, -0.1) is 11.3 Å². The molecule has 1 amide bonds. The van der Waals surface area contributed by atoms with Crippen LogP contribution in [0.25, 0.3) is 0 Å². The molecule has 1 aromatic rings. The van der Waals surface area contributed by atoms with E-state index in [2.05, 4.69) is 20.2 Å². The number of carbonyl (C=O) groups is 1. The molecule has 3 aliphatic rings. The van der Waals surface area contributed by atoms with E-state index in [0.29, 0.717) is 6.61 Å². The first kappa shape index (κ1) is 17.4. The molecule has 0 unspecified atom stereocenters. The Kier molecular flexibility index (Phi) is 4.60. The molecule has 2 aliphatic heterocycles. The lowest BCUT2D eigenvalue weighted by atomic mass is 9.90. The predicted octanol–water partition coefficient (Wildman–Crippen LogP) is 1.20. The summed E-state index contributed by atoms with van der Waals surface area (Å²) in [6.07, 6.45) is 2.62. The van der Waals surface area contributed by atoms with Crippen molar-refractivity contribution in [1.29, 1.82) is 0 Å². The second-order valence-electron chi connectivity index (χ2n) is 8.14. The maximum absolute atomic E-state index is 12.5. The minimum Gasteiger partial charge on any atom is -0.369 e. The van der Waals surface area contributed by atoms with Crippen LogP contribution in [-0.2, 0) is 16.1 Å². The third-order valence-corrected chi connectivity index (χ3v) is 6.40. The van der Waals surface area contributed by atoms with Crippen molar-refractivity contribution < 1.29 is 9.53 Å². The van der Waals surface area contributed by atoms with Crippen molar-refractivity contribution in [2.24, 2.45) is 5.92 Å². The van der Waals surface area contributed by atoms with Gasteiger partial charge in [0.05, 0.1) is 13.2 Å². The summed E-state index contributed by atoms with van der Waals surface area (Å²) in [7, 11) is 3.67. The SMILES string of the molecule is Cc1csc(CN2CC3(C2)CN(CC2CC2)[C@H](C(=O)N(C)C)CO3)n1. The Balaban J connectivity index is 1.37. The summed E-state index contributed by atoms with van der Waals surface area (Å²) in [5.74, 6) is 0.951. The molecule has 7 heteroatoms. The molecule has 1 aromatic heterocycles. The van der Waals surface area contributed by atoms with E-state index in [0.717, 1.165) is 44.3 Å². The van der Waals surface area contributed by atoms with E-state index in [1.54, 1.807) is 16.2 Å². The number of likely N-dealkylation sites (tertiary alicyclic amines) is 1. The van der Waals surface area contributed by atoms with E-state index in [1.807, 2.05) is 21.0 Å². The van der Waals surface area contributed by atoms with Crippen LogP contribution in [-0.4, -0.2) is 84.1 Å². The average Bonchev–Trinajstić information content (AvgIpc) is 3.25. The number of carbonyl (C=O) groups excluding carboxylic acids is 1. The molecule has 3 heterocycles. The molecule has 6 nitrogen and oxygen atoms in total. The van der Waals surface area contributed by atoms with Crippen LogP contribution in [0.3, 0.4) is 0 Å². The number of hydrogen-bond acceptors (Lipinski definition) is 6. The fourth-order valence-corrected chi connectivity index (χ4v) is 4.79. The van der Waals surface area contributed by atoms with E-state index >= 15 is 0 Å². The van der Waals surface area contributed by atoms with Gasteiger partial charge >= 0.3 is 0 Å². The molecule has 1 atom stereocenters. The highest BCUT2D eigenvalue weighted by Crippen LogP contribution is 2.36. The Bertz CT molecular complexity index is 637. The van der Waals surface area contributed by atoms with Crippen molar-refractivity contribution in [3.8, 4) is 0 Å². The number of aromatic nitrogens is 1. The highest BCUT2D eigenvalue weighted by Gasteiger charge is 2.51. The third-order valence-electron chi connectivity index (χ3n) is 5.44. The summed E-state index contributed by atoms with van der Waals surface area (Å²) in [4.78, 5) is 23.6. The van der Waals surface area contributed by atoms with Gasteiger partial charge in [0, 0.05) is 51.3 Å². The van der Waals surface area contributed by atoms with Crippen molar-refractivity contribution in [2.75, 3.05) is 46.9 Å². The molecule has 138 valence electrons. The average molecular weight is 365 g/mol. The molecule has 0 radical (unpaired) electrons. The van der Waals surface area contributed by atoms with Crippen LogP contribution in [0.15, 0.2) is 5.38 Å². The first-order chi connectivity index (χ1) is 11.9. The quantitative estimate of drug-likeness (QED) is 0.786. The van der Waals surface area contributed by atoms with Crippen molar-refractivity contribution in [2.45, 2.75) is 38.0 Å². The summed E-state index contributed by atoms with van der Waals surface area (Å²) < 4.78 is 6.24. The molecular weight excluding hydrogens is 336 g/mol. The van der Waals surface area contributed by atoms with Gasteiger partial charge in [0.1, 0.15) is 16.7 Å². The monoisotopic (exact) mass is 364 g/mol. The van der Waals surface area contributed by atoms with Gasteiger partial charge in [-0.25, -0.2) is 4.98 Å². The van der Waals surface area contributed by atoms with Gasteiger partial charge in [-0.2, -0.15) is 0 Å². The van der Waals surface area contributed by atoms with Crippen LogP contribution >= 0.6 is 11.3 Å². The second kappa shape index (κ2) is 6.61. The molecule has 25 heavy (non-hydrogen) atoms. The van der Waals surface area contributed by atoms with E-state index in [4.69, 9.17) is 4.74 Å². The minimum absolute atomic E-state index is 0.0930. The zero-order chi connectivity index (χ0) is 17.6. The summed E-state index contributed by atoms with van der Waals surface area (Å²) >= 11 is 1.73. The third kappa shape index (κ3) is 3.74. The van der Waals surface area contributed by atoms with Crippen molar-refractivity contribution in [1.82, 2.24) is 19.7 Å². The summed E-state index contributed by atoms with van der Waals surface area (Å²) in [6.45, 7) is 7.27. The normalized spacial score (nSPS) is 26.6. The highest BCUT2D eigenvalue weighted by atomic mass is 32.1. The van der Waals surface area contributed by atoms with Crippen molar-refractivity contribution in [3.05, 3.63) is 16.1 Å². The van der Waals surface area contributed by atoms with Gasteiger partial charge in [-0.05, 0) is 25.7 Å². The lowest BCUT2D eigenvalue weighted by molar-refractivity contribution is -0.205. The zero-order valence-corrected chi connectivity index (χ0v) is 16.2. The topological polar surface area (TPSA) is 48.9 Å². The number of amides is 1. The molecule has 1 aliphatic carbocycles. The van der Waals surface area contributed by atoms with Gasteiger partial charge < -0.3 is 9.64 Å². The number of morpholine rings is 1. The molecule has 3 fully saturated rings. The number of ether oxygens (including phenoxy) is 1. The summed E-state index contributed by atoms with van der Waals surface area (Å²) in [5.41, 5.74) is 1.01. The molecule has 1 spiro atoms. The second-order valence-corrected chi connectivity index (χ2v) is 9.09. The standard InChI is InChI=1S/C18H28N4O2S/c1-13-9-25-16(19-13)7-21-10-18(11-21)12-22(6-14-4-5-14)15(8-24-18)17(23)20(2)3/h9,14-15H,4-8,10-12H2,1-3H3/t15-/m0/s1.